The number of hydrogen-bond acceptors (Lipinski definition) is 1. The fourth-order valence-corrected chi connectivity index (χ4v) is 2.66. The van der Waals surface area contributed by atoms with Crippen LogP contribution in [0.1, 0.15) is 117 Å². The van der Waals surface area contributed by atoms with Crippen LogP contribution in [-0.2, 0) is 0 Å². The Kier molecular flexibility index (Phi) is 29.1. The maximum atomic E-state index is 8.63. The number of aliphatic hydroxyl groups is 1. The molecule has 0 atom stereocenters. The van der Waals surface area contributed by atoms with Crippen LogP contribution in [0.4, 0.5) is 0 Å². The Balaban J connectivity index is 0. The van der Waals surface area contributed by atoms with Crippen molar-refractivity contribution in [3.8, 4) is 0 Å². The third-order valence-corrected chi connectivity index (χ3v) is 4.27. The molecule has 1 N–H and O–H groups in total. The smallest absolute Gasteiger partial charge is 0.0431 e. The molecule has 0 saturated heterocycles. The summed E-state index contributed by atoms with van der Waals surface area (Å²) in [6.45, 7) is 4.82. The highest BCUT2D eigenvalue weighted by Gasteiger charge is 1.93. The Morgan fingerprint density at radius 3 is 1.09 bits per heavy atom. The van der Waals surface area contributed by atoms with E-state index in [-0.39, 0.29) is 0 Å². The standard InChI is InChI=1S/C15H32O.C5H11Cl/c1-2-3-4-5-6-7-8-9-10-11-12-13-14-15-16;1-2-3-4-5-6/h16H,2-15H2,1H3;2-5H2,1H3. The molecule has 0 aliphatic heterocycles. The van der Waals surface area contributed by atoms with Crippen LogP contribution in [0.25, 0.3) is 0 Å². The van der Waals surface area contributed by atoms with Gasteiger partial charge in [-0.1, -0.05) is 104 Å². The van der Waals surface area contributed by atoms with Crippen molar-refractivity contribution in [2.24, 2.45) is 0 Å². The van der Waals surface area contributed by atoms with E-state index in [9.17, 15) is 0 Å². The van der Waals surface area contributed by atoms with Gasteiger partial charge < -0.3 is 5.11 Å². The largest absolute Gasteiger partial charge is 0.396 e. The molecule has 0 aliphatic carbocycles. The third-order valence-electron chi connectivity index (χ3n) is 4.00. The molecule has 0 radical (unpaired) electrons. The lowest BCUT2D eigenvalue weighted by Gasteiger charge is -2.02. The van der Waals surface area contributed by atoms with Crippen LogP contribution in [0.3, 0.4) is 0 Å². The minimum atomic E-state index is 0.373. The van der Waals surface area contributed by atoms with Gasteiger partial charge in [-0.3, -0.25) is 0 Å². The summed E-state index contributed by atoms with van der Waals surface area (Å²) in [6.07, 6.45) is 21.5. The monoisotopic (exact) mass is 334 g/mol. The topological polar surface area (TPSA) is 20.2 Å². The van der Waals surface area contributed by atoms with Crippen LogP contribution in [0, 0.1) is 0 Å². The van der Waals surface area contributed by atoms with Gasteiger partial charge in [0, 0.05) is 12.5 Å². The molecule has 2 heteroatoms. The predicted molar refractivity (Wildman–Crippen MR) is 103 cm³/mol. The number of alkyl halides is 1. The fraction of sp³-hybridized carbons (Fsp3) is 1.00. The third kappa shape index (κ3) is 28.4. The summed E-state index contributed by atoms with van der Waals surface area (Å²) >= 11 is 5.38. The van der Waals surface area contributed by atoms with Gasteiger partial charge in [0.15, 0.2) is 0 Å². The van der Waals surface area contributed by atoms with Gasteiger partial charge in [-0.25, -0.2) is 0 Å². The van der Waals surface area contributed by atoms with Gasteiger partial charge in [0.25, 0.3) is 0 Å². The zero-order chi connectivity index (χ0) is 16.7. The predicted octanol–water partition coefficient (Wildman–Crippen LogP) is 7.49. The van der Waals surface area contributed by atoms with Gasteiger partial charge >= 0.3 is 0 Å². The van der Waals surface area contributed by atoms with Crippen molar-refractivity contribution in [2.45, 2.75) is 117 Å². The van der Waals surface area contributed by atoms with E-state index < -0.39 is 0 Å². The van der Waals surface area contributed by atoms with Crippen LogP contribution < -0.4 is 0 Å². The molecule has 0 unspecified atom stereocenters. The summed E-state index contributed by atoms with van der Waals surface area (Å²) in [5.41, 5.74) is 0. The average Bonchev–Trinajstić information content (AvgIpc) is 2.54. The van der Waals surface area contributed by atoms with E-state index in [1.165, 1.54) is 96.3 Å². The van der Waals surface area contributed by atoms with Crippen molar-refractivity contribution in [3.63, 3.8) is 0 Å². The SMILES string of the molecule is CCCCCCCCCCCCCCCO.CCCCCCl. The minimum Gasteiger partial charge on any atom is -0.396 e. The van der Waals surface area contributed by atoms with Gasteiger partial charge in [0.2, 0.25) is 0 Å². The molecule has 0 aromatic carbocycles. The molecule has 0 aromatic heterocycles. The van der Waals surface area contributed by atoms with Crippen molar-refractivity contribution in [2.75, 3.05) is 12.5 Å². The Bertz CT molecular complexity index is 144. The lowest BCUT2D eigenvalue weighted by molar-refractivity contribution is 0.282. The molecule has 0 amide bonds. The maximum absolute atomic E-state index is 8.63. The number of rotatable bonds is 16. The lowest BCUT2D eigenvalue weighted by Crippen LogP contribution is -1.84. The van der Waals surface area contributed by atoms with E-state index in [0.29, 0.717) is 6.61 Å². The summed E-state index contributed by atoms with van der Waals surface area (Å²) in [6, 6.07) is 0. The van der Waals surface area contributed by atoms with Crippen LogP contribution in [-0.4, -0.2) is 17.6 Å². The Labute approximate surface area is 146 Å². The molecule has 0 fully saturated rings. The second-order valence-corrected chi connectivity index (χ2v) is 6.74. The van der Waals surface area contributed by atoms with Crippen LogP contribution in [0.5, 0.6) is 0 Å². The summed E-state index contributed by atoms with van der Waals surface area (Å²) in [5, 5.41) is 8.63. The Hall–Kier alpha value is 0.250. The van der Waals surface area contributed by atoms with Crippen molar-refractivity contribution >= 4 is 11.6 Å². The Morgan fingerprint density at radius 2 is 0.818 bits per heavy atom. The molecular formula is C20H43ClO. The molecule has 1 nitrogen and oxygen atoms in total. The van der Waals surface area contributed by atoms with Gasteiger partial charge in [-0.15, -0.1) is 11.6 Å². The highest BCUT2D eigenvalue weighted by Crippen LogP contribution is 2.12. The van der Waals surface area contributed by atoms with Gasteiger partial charge in [0.1, 0.15) is 0 Å². The summed E-state index contributed by atoms with van der Waals surface area (Å²) in [7, 11) is 0. The zero-order valence-corrected chi connectivity index (χ0v) is 16.3. The van der Waals surface area contributed by atoms with Crippen molar-refractivity contribution in [1.82, 2.24) is 0 Å². The molecule has 0 saturated carbocycles. The summed E-state index contributed by atoms with van der Waals surface area (Å²) in [5.74, 6) is 0.827. The Morgan fingerprint density at radius 1 is 0.500 bits per heavy atom. The molecule has 0 heterocycles. The molecule has 0 spiro atoms. The first-order valence-electron chi connectivity index (χ1n) is 10.00. The lowest BCUT2D eigenvalue weighted by atomic mass is 10.0. The second kappa shape index (κ2) is 26.2. The molecule has 0 aliphatic rings. The molecule has 136 valence electrons. The first-order valence-corrected chi connectivity index (χ1v) is 10.5. The van der Waals surface area contributed by atoms with Crippen LogP contribution in [0.2, 0.25) is 0 Å². The summed E-state index contributed by atoms with van der Waals surface area (Å²) in [4.78, 5) is 0. The number of hydrogen-bond donors (Lipinski definition) is 1. The van der Waals surface area contributed by atoms with E-state index in [4.69, 9.17) is 16.7 Å². The van der Waals surface area contributed by atoms with E-state index in [0.717, 1.165) is 12.3 Å². The van der Waals surface area contributed by atoms with Gasteiger partial charge in [-0.05, 0) is 12.8 Å². The first kappa shape index (κ1) is 24.5. The van der Waals surface area contributed by atoms with Crippen molar-refractivity contribution < 1.29 is 5.11 Å². The number of halogens is 1. The van der Waals surface area contributed by atoms with Gasteiger partial charge in [0.05, 0.1) is 0 Å². The summed E-state index contributed by atoms with van der Waals surface area (Å²) < 4.78 is 0. The molecule has 0 aromatic rings. The van der Waals surface area contributed by atoms with Crippen molar-refractivity contribution in [3.05, 3.63) is 0 Å². The highest BCUT2D eigenvalue weighted by atomic mass is 35.5. The molecule has 0 bridgehead atoms. The van der Waals surface area contributed by atoms with Gasteiger partial charge in [-0.2, -0.15) is 0 Å². The maximum Gasteiger partial charge on any atom is 0.0431 e. The highest BCUT2D eigenvalue weighted by molar-refractivity contribution is 6.17. The van der Waals surface area contributed by atoms with E-state index in [1.54, 1.807) is 0 Å². The van der Waals surface area contributed by atoms with Crippen LogP contribution >= 0.6 is 11.6 Å². The second-order valence-electron chi connectivity index (χ2n) is 6.36. The molecule has 0 rings (SSSR count). The fourth-order valence-electron chi connectivity index (χ4n) is 2.47. The number of unbranched alkanes of at least 4 members (excludes halogenated alkanes) is 14. The molecule has 22 heavy (non-hydrogen) atoms. The van der Waals surface area contributed by atoms with E-state index in [2.05, 4.69) is 13.8 Å². The van der Waals surface area contributed by atoms with Crippen LogP contribution in [0.15, 0.2) is 0 Å². The quantitative estimate of drug-likeness (QED) is 0.229. The average molecular weight is 335 g/mol. The van der Waals surface area contributed by atoms with Crippen molar-refractivity contribution in [1.29, 1.82) is 0 Å². The minimum absolute atomic E-state index is 0.373. The normalized spacial score (nSPS) is 10.4. The van der Waals surface area contributed by atoms with E-state index >= 15 is 0 Å². The zero-order valence-electron chi connectivity index (χ0n) is 15.6. The molecular weight excluding hydrogens is 292 g/mol. The first-order chi connectivity index (χ1) is 10.8. The number of aliphatic hydroxyl groups excluding tert-OH is 1. The van der Waals surface area contributed by atoms with E-state index in [1.807, 2.05) is 0 Å².